The van der Waals surface area contributed by atoms with Crippen LogP contribution in [0.25, 0.3) is 10.2 Å². The Morgan fingerprint density at radius 1 is 1.12 bits per heavy atom. The van der Waals surface area contributed by atoms with Gasteiger partial charge in [0.15, 0.2) is 4.80 Å². The molecule has 0 aliphatic rings. The van der Waals surface area contributed by atoms with Gasteiger partial charge >= 0.3 is 0 Å². The van der Waals surface area contributed by atoms with E-state index in [2.05, 4.69) is 16.3 Å². The highest BCUT2D eigenvalue weighted by atomic mass is 32.2. The minimum atomic E-state index is -3.88. The second kappa shape index (κ2) is 9.66. The number of carbonyl (C=O) groups excluding carboxylic acids is 1. The quantitative estimate of drug-likeness (QED) is 0.376. The molecule has 7 nitrogen and oxygen atoms in total. The predicted octanol–water partition coefficient (Wildman–Crippen LogP) is 4.75. The van der Waals surface area contributed by atoms with Gasteiger partial charge in [0, 0.05) is 6.54 Å². The van der Waals surface area contributed by atoms with Crippen LogP contribution in [0.3, 0.4) is 0 Å². The molecule has 4 aromatic rings. The number of nitrogens with one attached hydrogen (secondary N) is 1. The van der Waals surface area contributed by atoms with Crippen LogP contribution in [0.4, 0.5) is 5.69 Å². The number of methoxy groups -OCH3 is 1. The van der Waals surface area contributed by atoms with Gasteiger partial charge < -0.3 is 9.30 Å². The highest BCUT2D eigenvalue weighted by Gasteiger charge is 2.19. The summed E-state index contributed by atoms with van der Waals surface area (Å²) in [5, 5.41) is 0. The summed E-state index contributed by atoms with van der Waals surface area (Å²) in [5.74, 6) is 0.0984. The molecule has 1 heterocycles. The Balaban J connectivity index is 1.77. The van der Waals surface area contributed by atoms with Crippen LogP contribution in [0, 0.1) is 6.92 Å². The molecule has 0 aliphatic carbocycles. The molecule has 0 spiro atoms. The van der Waals surface area contributed by atoms with Gasteiger partial charge in [0.05, 0.1) is 28.0 Å². The topological polar surface area (TPSA) is 89.8 Å². The zero-order valence-electron chi connectivity index (χ0n) is 18.7. The lowest BCUT2D eigenvalue weighted by molar-refractivity contribution is 0.0998. The fourth-order valence-electron chi connectivity index (χ4n) is 3.47. The molecular weight excluding hydrogens is 470 g/mol. The number of anilines is 1. The van der Waals surface area contributed by atoms with Crippen LogP contribution >= 0.6 is 11.3 Å². The Kier molecular flexibility index (Phi) is 6.67. The molecule has 0 saturated carbocycles. The number of aryl methyl sites for hydroxylation is 1. The summed E-state index contributed by atoms with van der Waals surface area (Å²) in [6.07, 6.45) is 1.71. The summed E-state index contributed by atoms with van der Waals surface area (Å²) in [6, 6.07) is 18.5. The average molecular weight is 494 g/mol. The van der Waals surface area contributed by atoms with Crippen molar-refractivity contribution >= 4 is 43.2 Å². The Morgan fingerprint density at radius 3 is 2.56 bits per heavy atom. The third-order valence-corrected chi connectivity index (χ3v) is 7.55. The third-order valence-electron chi connectivity index (χ3n) is 5.13. The summed E-state index contributed by atoms with van der Waals surface area (Å²) in [6.45, 7) is 6.11. The molecule has 4 rings (SSSR count). The third kappa shape index (κ3) is 4.66. The lowest BCUT2D eigenvalue weighted by Crippen LogP contribution is -2.18. The van der Waals surface area contributed by atoms with E-state index in [9.17, 15) is 13.2 Å². The Bertz CT molecular complexity index is 1550. The number of amides is 1. The second-order valence-corrected chi connectivity index (χ2v) is 10.2. The maximum atomic E-state index is 13.2. The number of aromatic nitrogens is 1. The minimum absolute atomic E-state index is 0.109. The van der Waals surface area contributed by atoms with Crippen molar-refractivity contribution in [1.29, 1.82) is 0 Å². The number of fused-ring (bicyclic) bond motifs is 1. The number of carbonyl (C=O) groups is 1. The molecule has 34 heavy (non-hydrogen) atoms. The van der Waals surface area contributed by atoms with E-state index in [1.807, 2.05) is 29.7 Å². The predicted molar refractivity (Wildman–Crippen MR) is 135 cm³/mol. The normalized spacial score (nSPS) is 12.0. The van der Waals surface area contributed by atoms with Crippen molar-refractivity contribution < 1.29 is 17.9 Å². The van der Waals surface area contributed by atoms with E-state index < -0.39 is 15.9 Å². The number of allylic oxidation sites excluding steroid dienone is 1. The van der Waals surface area contributed by atoms with Crippen molar-refractivity contribution in [3.8, 4) is 5.75 Å². The SMILES string of the molecule is C=CCn1c(=NC(=O)c2ccccc2NS(=O)(=O)c2ccc(C)cc2)sc2cccc(OC)c21. The summed E-state index contributed by atoms with van der Waals surface area (Å²) in [5.41, 5.74) is 2.06. The molecule has 174 valence electrons. The standard InChI is InChI=1S/C25H23N3O4S2/c1-4-16-28-23-21(32-3)10-7-11-22(23)33-25(28)26-24(29)19-8-5-6-9-20(19)27-34(30,31)18-14-12-17(2)13-15-18/h4-15,27H,1,16H2,2-3H3. The van der Waals surface area contributed by atoms with Gasteiger partial charge in [0.25, 0.3) is 15.9 Å². The smallest absolute Gasteiger partial charge is 0.281 e. The van der Waals surface area contributed by atoms with E-state index in [0.717, 1.165) is 15.8 Å². The lowest BCUT2D eigenvalue weighted by atomic mass is 10.2. The van der Waals surface area contributed by atoms with Crippen molar-refractivity contribution in [2.24, 2.45) is 4.99 Å². The Morgan fingerprint density at radius 2 is 1.85 bits per heavy atom. The minimum Gasteiger partial charge on any atom is -0.495 e. The number of rotatable bonds is 7. The highest BCUT2D eigenvalue weighted by molar-refractivity contribution is 7.92. The van der Waals surface area contributed by atoms with Gasteiger partial charge in [0.1, 0.15) is 11.3 Å². The molecule has 0 atom stereocenters. The van der Waals surface area contributed by atoms with Gasteiger partial charge in [-0.15, -0.1) is 6.58 Å². The summed E-state index contributed by atoms with van der Waals surface area (Å²) in [7, 11) is -2.30. The zero-order chi connectivity index (χ0) is 24.3. The van der Waals surface area contributed by atoms with Crippen molar-refractivity contribution in [2.75, 3.05) is 11.8 Å². The van der Waals surface area contributed by atoms with Gasteiger partial charge in [-0.05, 0) is 43.3 Å². The molecule has 1 amide bonds. The molecule has 9 heteroatoms. The monoisotopic (exact) mass is 493 g/mol. The molecule has 0 bridgehead atoms. The number of para-hydroxylation sites is 2. The van der Waals surface area contributed by atoms with Crippen molar-refractivity contribution in [3.05, 3.63) is 95.3 Å². The van der Waals surface area contributed by atoms with Crippen LogP contribution in [0.5, 0.6) is 5.75 Å². The van der Waals surface area contributed by atoms with Crippen LogP contribution in [0.1, 0.15) is 15.9 Å². The lowest BCUT2D eigenvalue weighted by Gasteiger charge is -2.11. The first-order chi connectivity index (χ1) is 16.3. The van der Waals surface area contributed by atoms with E-state index in [1.165, 1.54) is 23.5 Å². The molecular formula is C25H23N3O4S2. The number of sulfonamides is 1. The highest BCUT2D eigenvalue weighted by Crippen LogP contribution is 2.27. The Hall–Kier alpha value is -3.69. The molecule has 1 aromatic heterocycles. The summed E-state index contributed by atoms with van der Waals surface area (Å²) < 4.78 is 36.6. The zero-order valence-corrected chi connectivity index (χ0v) is 20.3. The van der Waals surface area contributed by atoms with E-state index >= 15 is 0 Å². The fourth-order valence-corrected chi connectivity index (χ4v) is 5.61. The second-order valence-electron chi connectivity index (χ2n) is 7.47. The van der Waals surface area contributed by atoms with Crippen LogP contribution in [-0.2, 0) is 16.6 Å². The molecule has 3 aromatic carbocycles. The van der Waals surface area contributed by atoms with Crippen LogP contribution in [0.15, 0.2) is 89.3 Å². The van der Waals surface area contributed by atoms with Crippen LogP contribution in [0.2, 0.25) is 0 Å². The number of ether oxygens (including phenoxy) is 1. The Labute approximate surface area is 201 Å². The van der Waals surface area contributed by atoms with Crippen LogP contribution in [-0.4, -0.2) is 26.0 Å². The van der Waals surface area contributed by atoms with Gasteiger partial charge in [-0.3, -0.25) is 9.52 Å². The van der Waals surface area contributed by atoms with Crippen molar-refractivity contribution in [3.63, 3.8) is 0 Å². The summed E-state index contributed by atoms with van der Waals surface area (Å²) >= 11 is 1.34. The molecule has 0 aliphatic heterocycles. The first-order valence-electron chi connectivity index (χ1n) is 10.4. The summed E-state index contributed by atoms with van der Waals surface area (Å²) in [4.78, 5) is 18.1. The van der Waals surface area contributed by atoms with Gasteiger partial charge in [-0.1, -0.05) is 53.3 Å². The van der Waals surface area contributed by atoms with Gasteiger partial charge in [-0.2, -0.15) is 4.99 Å². The van der Waals surface area contributed by atoms with Gasteiger partial charge in [0.2, 0.25) is 0 Å². The molecule has 0 fully saturated rings. The van der Waals surface area contributed by atoms with E-state index in [4.69, 9.17) is 4.74 Å². The largest absolute Gasteiger partial charge is 0.495 e. The fraction of sp³-hybridized carbons (Fsp3) is 0.120. The average Bonchev–Trinajstić information content (AvgIpc) is 3.16. The molecule has 0 unspecified atom stereocenters. The number of hydrogen-bond donors (Lipinski definition) is 1. The van der Waals surface area contributed by atoms with E-state index in [1.54, 1.807) is 49.6 Å². The van der Waals surface area contributed by atoms with E-state index in [0.29, 0.717) is 17.1 Å². The number of thiazole rings is 1. The molecule has 0 radical (unpaired) electrons. The molecule has 1 N–H and O–H groups in total. The maximum Gasteiger partial charge on any atom is 0.281 e. The number of nitrogens with zero attached hydrogens (tertiary/aromatic N) is 2. The first-order valence-corrected chi connectivity index (χ1v) is 12.7. The van der Waals surface area contributed by atoms with E-state index in [-0.39, 0.29) is 16.1 Å². The van der Waals surface area contributed by atoms with Crippen molar-refractivity contribution in [2.45, 2.75) is 18.4 Å². The van der Waals surface area contributed by atoms with Crippen LogP contribution < -0.4 is 14.3 Å². The van der Waals surface area contributed by atoms with Gasteiger partial charge in [-0.25, -0.2) is 8.42 Å². The first kappa shape index (κ1) is 23.5. The maximum absolute atomic E-state index is 13.2. The number of benzene rings is 3. The van der Waals surface area contributed by atoms with Crippen molar-refractivity contribution in [1.82, 2.24) is 4.57 Å². The molecule has 0 saturated heterocycles. The number of hydrogen-bond acceptors (Lipinski definition) is 5.